The molecule has 0 saturated carbocycles. The number of imide groups is 1. The molecule has 1 aromatic rings. The summed E-state index contributed by atoms with van der Waals surface area (Å²) in [5, 5.41) is 0. The average Bonchev–Trinajstić information content (AvgIpc) is 2.44. The maximum Gasteiger partial charge on any atom is 0.318 e. The van der Waals surface area contributed by atoms with Crippen LogP contribution in [0.2, 0.25) is 0 Å². The molecule has 20 heavy (non-hydrogen) atoms. The molecule has 1 aliphatic heterocycles. The first-order valence-electron chi connectivity index (χ1n) is 6.09. The molecule has 0 bridgehead atoms. The minimum absolute atomic E-state index is 0.00758. The maximum absolute atomic E-state index is 13.0. The third kappa shape index (κ3) is 2.41. The van der Waals surface area contributed by atoms with E-state index in [1.165, 1.54) is 38.4 Å². The topological polar surface area (TPSA) is 63.7 Å². The van der Waals surface area contributed by atoms with Gasteiger partial charge < -0.3 is 4.74 Å². The fraction of sp³-hybridized carbons (Fsp3) is 0.357. The Kier molecular flexibility index (Phi) is 3.83. The van der Waals surface area contributed by atoms with E-state index in [4.69, 9.17) is 0 Å². The van der Waals surface area contributed by atoms with Crippen LogP contribution in [0.1, 0.15) is 17.9 Å². The van der Waals surface area contributed by atoms with Crippen molar-refractivity contribution < 1.29 is 23.5 Å². The van der Waals surface area contributed by atoms with Crippen LogP contribution in [0.25, 0.3) is 0 Å². The van der Waals surface area contributed by atoms with Gasteiger partial charge in [0.15, 0.2) is 0 Å². The number of benzene rings is 1. The van der Waals surface area contributed by atoms with Gasteiger partial charge in [0, 0.05) is 19.4 Å². The third-order valence-electron chi connectivity index (χ3n) is 3.52. The number of esters is 1. The number of carbonyl (C=O) groups is 3. The molecule has 0 unspecified atom stereocenters. The number of halogens is 1. The van der Waals surface area contributed by atoms with Crippen molar-refractivity contribution >= 4 is 17.8 Å². The summed E-state index contributed by atoms with van der Waals surface area (Å²) in [5.41, 5.74) is 0.566. The minimum Gasteiger partial charge on any atom is -0.468 e. The summed E-state index contributed by atoms with van der Waals surface area (Å²) in [6.07, 6.45) is 0.00758. The van der Waals surface area contributed by atoms with Crippen molar-refractivity contribution in [2.24, 2.45) is 5.92 Å². The van der Waals surface area contributed by atoms with Gasteiger partial charge in [-0.15, -0.1) is 0 Å². The predicted molar refractivity (Wildman–Crippen MR) is 67.0 cm³/mol. The lowest BCUT2D eigenvalue weighted by Crippen LogP contribution is -2.49. The van der Waals surface area contributed by atoms with E-state index in [2.05, 4.69) is 4.74 Å². The van der Waals surface area contributed by atoms with E-state index in [0.29, 0.717) is 5.56 Å². The summed E-state index contributed by atoms with van der Waals surface area (Å²) in [6.45, 7) is 0. The molecule has 0 radical (unpaired) electrons. The van der Waals surface area contributed by atoms with Crippen LogP contribution in [0.4, 0.5) is 4.39 Å². The first-order valence-corrected chi connectivity index (χ1v) is 6.09. The van der Waals surface area contributed by atoms with Crippen molar-refractivity contribution in [1.82, 2.24) is 4.90 Å². The number of ether oxygens (including phenoxy) is 1. The molecule has 0 N–H and O–H groups in total. The molecule has 1 fully saturated rings. The molecule has 6 heteroatoms. The second-order valence-electron chi connectivity index (χ2n) is 4.65. The first kappa shape index (κ1) is 14.2. The number of hydrogen-bond acceptors (Lipinski definition) is 4. The molecular weight excluding hydrogens is 265 g/mol. The molecule has 5 nitrogen and oxygen atoms in total. The fourth-order valence-electron chi connectivity index (χ4n) is 2.36. The first-order chi connectivity index (χ1) is 9.45. The van der Waals surface area contributed by atoms with E-state index in [1.54, 1.807) is 0 Å². The van der Waals surface area contributed by atoms with Gasteiger partial charge in [0.2, 0.25) is 11.8 Å². The largest absolute Gasteiger partial charge is 0.468 e. The molecule has 2 amide bonds. The summed E-state index contributed by atoms with van der Waals surface area (Å²) >= 11 is 0. The lowest BCUT2D eigenvalue weighted by molar-refractivity contribution is -0.160. The van der Waals surface area contributed by atoms with Gasteiger partial charge in [-0.1, -0.05) is 12.1 Å². The number of amides is 2. The number of hydrogen-bond donors (Lipinski definition) is 0. The Bertz CT molecular complexity index is 555. The van der Waals surface area contributed by atoms with Crippen LogP contribution in [0.5, 0.6) is 0 Å². The zero-order valence-corrected chi connectivity index (χ0v) is 11.1. The SMILES string of the molecule is COC(=O)[C@H]1C(=O)N(C)C(=O)C[C@@H]1c1ccc(F)cc1. The van der Waals surface area contributed by atoms with Crippen molar-refractivity contribution in [1.29, 1.82) is 0 Å². The van der Waals surface area contributed by atoms with Crippen molar-refractivity contribution in [3.63, 3.8) is 0 Å². The van der Waals surface area contributed by atoms with Crippen LogP contribution in [0.3, 0.4) is 0 Å². The lowest BCUT2D eigenvalue weighted by Gasteiger charge is -2.33. The Morgan fingerprint density at radius 2 is 1.90 bits per heavy atom. The lowest BCUT2D eigenvalue weighted by atomic mass is 9.79. The van der Waals surface area contributed by atoms with E-state index < -0.39 is 29.5 Å². The second kappa shape index (κ2) is 5.40. The normalized spacial score (nSPS) is 22.9. The zero-order chi connectivity index (χ0) is 14.9. The van der Waals surface area contributed by atoms with E-state index in [0.717, 1.165) is 4.90 Å². The average molecular weight is 279 g/mol. The summed E-state index contributed by atoms with van der Waals surface area (Å²) in [4.78, 5) is 36.7. The van der Waals surface area contributed by atoms with Crippen molar-refractivity contribution in [2.45, 2.75) is 12.3 Å². The van der Waals surface area contributed by atoms with Gasteiger partial charge in [-0.2, -0.15) is 0 Å². The maximum atomic E-state index is 13.0. The molecule has 1 heterocycles. The number of likely N-dealkylation sites (tertiary alicyclic amines) is 1. The van der Waals surface area contributed by atoms with Gasteiger partial charge in [-0.05, 0) is 17.7 Å². The van der Waals surface area contributed by atoms with Gasteiger partial charge in [0.1, 0.15) is 11.7 Å². The molecule has 106 valence electrons. The summed E-state index contributed by atoms with van der Waals surface area (Å²) < 4.78 is 17.6. The molecule has 0 aromatic heterocycles. The Balaban J connectivity index is 2.41. The van der Waals surface area contributed by atoms with Crippen molar-refractivity contribution in [2.75, 3.05) is 14.2 Å². The highest BCUT2D eigenvalue weighted by Crippen LogP contribution is 2.34. The standard InChI is InChI=1S/C14H14FNO4/c1-16-11(17)7-10(8-3-5-9(15)6-4-8)12(13(16)18)14(19)20-2/h3-6,10,12H,7H2,1-2H3/t10-,12-/m1/s1. The number of carbonyl (C=O) groups excluding carboxylic acids is 3. The highest BCUT2D eigenvalue weighted by Gasteiger charge is 2.45. The van der Waals surface area contributed by atoms with E-state index in [1.807, 2.05) is 0 Å². The van der Waals surface area contributed by atoms with Gasteiger partial charge in [-0.25, -0.2) is 4.39 Å². The predicted octanol–water partition coefficient (Wildman–Crippen LogP) is 1.09. The van der Waals surface area contributed by atoms with Crippen LogP contribution >= 0.6 is 0 Å². The van der Waals surface area contributed by atoms with Crippen LogP contribution in [-0.2, 0) is 19.1 Å². The Morgan fingerprint density at radius 1 is 1.30 bits per heavy atom. The molecule has 1 saturated heterocycles. The van der Waals surface area contributed by atoms with Crippen LogP contribution in [-0.4, -0.2) is 36.8 Å². The Morgan fingerprint density at radius 3 is 2.45 bits per heavy atom. The van der Waals surface area contributed by atoms with Crippen molar-refractivity contribution in [3.8, 4) is 0 Å². The van der Waals surface area contributed by atoms with E-state index >= 15 is 0 Å². The van der Waals surface area contributed by atoms with Gasteiger partial charge in [-0.3, -0.25) is 19.3 Å². The molecule has 1 aliphatic rings. The smallest absolute Gasteiger partial charge is 0.318 e. The summed E-state index contributed by atoms with van der Waals surface area (Å²) in [7, 11) is 2.52. The van der Waals surface area contributed by atoms with Crippen LogP contribution in [0, 0.1) is 11.7 Å². The van der Waals surface area contributed by atoms with Gasteiger partial charge in [0.05, 0.1) is 7.11 Å². The van der Waals surface area contributed by atoms with E-state index in [9.17, 15) is 18.8 Å². The Hall–Kier alpha value is -2.24. The molecule has 0 spiro atoms. The fourth-order valence-corrected chi connectivity index (χ4v) is 2.36. The Labute approximate surface area is 115 Å². The number of piperidine rings is 1. The number of nitrogens with zero attached hydrogens (tertiary/aromatic N) is 1. The van der Waals surface area contributed by atoms with E-state index in [-0.39, 0.29) is 12.3 Å². The van der Waals surface area contributed by atoms with Crippen molar-refractivity contribution in [3.05, 3.63) is 35.6 Å². The highest BCUT2D eigenvalue weighted by molar-refractivity contribution is 6.08. The number of methoxy groups -OCH3 is 1. The minimum atomic E-state index is -1.08. The summed E-state index contributed by atoms with van der Waals surface area (Å²) in [5.74, 6) is -3.78. The molecular formula is C14H14FNO4. The molecule has 0 aliphatic carbocycles. The third-order valence-corrected chi connectivity index (χ3v) is 3.52. The van der Waals surface area contributed by atoms with Gasteiger partial charge in [0.25, 0.3) is 0 Å². The quantitative estimate of drug-likeness (QED) is 0.462. The second-order valence-corrected chi connectivity index (χ2v) is 4.65. The number of rotatable bonds is 2. The highest BCUT2D eigenvalue weighted by atomic mass is 19.1. The van der Waals surface area contributed by atoms with Crippen LogP contribution < -0.4 is 0 Å². The van der Waals surface area contributed by atoms with Crippen LogP contribution in [0.15, 0.2) is 24.3 Å². The zero-order valence-electron chi connectivity index (χ0n) is 11.1. The molecule has 2 atom stereocenters. The molecule has 1 aromatic carbocycles. The monoisotopic (exact) mass is 279 g/mol. The summed E-state index contributed by atoms with van der Waals surface area (Å²) in [6, 6.07) is 5.41. The van der Waals surface area contributed by atoms with Gasteiger partial charge >= 0.3 is 5.97 Å². The molecule has 2 rings (SSSR count).